The van der Waals surface area contributed by atoms with Crippen LogP contribution >= 0.6 is 0 Å². The first kappa shape index (κ1) is 15.2. The Hall–Kier alpha value is -0.900. The van der Waals surface area contributed by atoms with Crippen molar-refractivity contribution < 1.29 is 4.74 Å². The van der Waals surface area contributed by atoms with Crippen LogP contribution in [0.2, 0.25) is 0 Å². The van der Waals surface area contributed by atoms with E-state index in [4.69, 9.17) is 10.6 Å². The fraction of sp³-hybridized carbons (Fsp3) is 0.600. The van der Waals surface area contributed by atoms with E-state index in [0.717, 1.165) is 32.5 Å². The first-order valence-electron chi connectivity index (χ1n) is 6.77. The highest BCUT2D eigenvalue weighted by atomic mass is 16.5. The molecule has 3 nitrogen and oxygen atoms in total. The van der Waals surface area contributed by atoms with Crippen molar-refractivity contribution in [2.45, 2.75) is 46.1 Å². The molecule has 0 aromatic heterocycles. The normalized spacial score (nSPS) is 12.7. The van der Waals surface area contributed by atoms with Crippen LogP contribution in [0.25, 0.3) is 0 Å². The van der Waals surface area contributed by atoms with Gasteiger partial charge in [-0.25, -0.2) is 0 Å². The van der Waals surface area contributed by atoms with E-state index in [1.54, 1.807) is 0 Å². The van der Waals surface area contributed by atoms with Crippen LogP contribution in [-0.2, 0) is 11.2 Å². The molecule has 3 heteroatoms. The Kier molecular flexibility index (Phi) is 6.94. The molecule has 0 heterocycles. The van der Waals surface area contributed by atoms with Crippen molar-refractivity contribution in [3.8, 4) is 0 Å². The molecule has 1 unspecified atom stereocenters. The number of nitrogens with two attached hydrogens (primary N) is 1. The summed E-state index contributed by atoms with van der Waals surface area (Å²) in [5.41, 5.74) is 6.89. The minimum atomic E-state index is 0.280. The predicted molar refractivity (Wildman–Crippen MR) is 76.5 cm³/mol. The summed E-state index contributed by atoms with van der Waals surface area (Å²) in [5.74, 6) is 5.62. The smallest absolute Gasteiger partial charge is 0.0481 e. The summed E-state index contributed by atoms with van der Waals surface area (Å²) in [6, 6.07) is 6.84. The molecule has 1 rings (SSSR count). The van der Waals surface area contributed by atoms with Gasteiger partial charge in [0, 0.05) is 19.3 Å². The van der Waals surface area contributed by atoms with Crippen LogP contribution < -0.4 is 11.3 Å². The zero-order valence-corrected chi connectivity index (χ0v) is 11.8. The molecule has 102 valence electrons. The minimum absolute atomic E-state index is 0.280. The van der Waals surface area contributed by atoms with Crippen LogP contribution in [0, 0.1) is 13.8 Å². The number of hydrogen-bond donors (Lipinski definition) is 2. The van der Waals surface area contributed by atoms with Gasteiger partial charge in [-0.05, 0) is 44.2 Å². The molecule has 3 N–H and O–H groups in total. The highest BCUT2D eigenvalue weighted by Crippen LogP contribution is 2.13. The summed E-state index contributed by atoms with van der Waals surface area (Å²) in [6.07, 6.45) is 2.97. The van der Waals surface area contributed by atoms with Crippen LogP contribution in [-0.4, -0.2) is 19.3 Å². The van der Waals surface area contributed by atoms with Gasteiger partial charge in [0.1, 0.15) is 0 Å². The molecule has 1 aromatic carbocycles. The lowest BCUT2D eigenvalue weighted by Gasteiger charge is -2.17. The lowest BCUT2D eigenvalue weighted by atomic mass is 9.98. The van der Waals surface area contributed by atoms with Crippen LogP contribution in [0.5, 0.6) is 0 Å². The Labute approximate surface area is 111 Å². The Balaban J connectivity index is 2.48. The summed E-state index contributed by atoms with van der Waals surface area (Å²) in [5, 5.41) is 0. The minimum Gasteiger partial charge on any atom is -0.381 e. The number of benzene rings is 1. The molecule has 0 amide bonds. The molecule has 0 aliphatic heterocycles. The Morgan fingerprint density at radius 1 is 1.28 bits per heavy atom. The van der Waals surface area contributed by atoms with Crippen LogP contribution in [0.1, 0.15) is 36.5 Å². The molecular weight excluding hydrogens is 224 g/mol. The average molecular weight is 250 g/mol. The summed E-state index contributed by atoms with van der Waals surface area (Å²) in [6.45, 7) is 8.00. The molecule has 0 radical (unpaired) electrons. The maximum Gasteiger partial charge on any atom is 0.0481 e. The summed E-state index contributed by atoms with van der Waals surface area (Å²) >= 11 is 0. The number of nitrogens with one attached hydrogen (secondary N) is 1. The van der Waals surface area contributed by atoms with E-state index in [0.29, 0.717) is 0 Å². The SMILES string of the molecule is CCCOCCC(Cc1cc(C)ccc1C)NN. The fourth-order valence-corrected chi connectivity index (χ4v) is 2.00. The predicted octanol–water partition coefficient (Wildman–Crippen LogP) is 2.49. The van der Waals surface area contributed by atoms with Gasteiger partial charge in [0.25, 0.3) is 0 Å². The lowest BCUT2D eigenvalue weighted by molar-refractivity contribution is 0.124. The molecule has 0 fully saturated rings. The molecule has 0 bridgehead atoms. The van der Waals surface area contributed by atoms with Crippen molar-refractivity contribution in [2.75, 3.05) is 13.2 Å². The van der Waals surface area contributed by atoms with E-state index >= 15 is 0 Å². The number of aryl methyl sites for hydroxylation is 2. The third-order valence-corrected chi connectivity index (χ3v) is 3.17. The van der Waals surface area contributed by atoms with E-state index < -0.39 is 0 Å². The van der Waals surface area contributed by atoms with E-state index in [9.17, 15) is 0 Å². The van der Waals surface area contributed by atoms with Crippen LogP contribution in [0.3, 0.4) is 0 Å². The van der Waals surface area contributed by atoms with E-state index in [2.05, 4.69) is 44.4 Å². The first-order chi connectivity index (χ1) is 8.67. The van der Waals surface area contributed by atoms with Gasteiger partial charge in [0.05, 0.1) is 0 Å². The molecule has 1 atom stereocenters. The molecule has 0 saturated heterocycles. The molecule has 0 aliphatic rings. The van der Waals surface area contributed by atoms with Gasteiger partial charge >= 0.3 is 0 Å². The molecular formula is C15H26N2O. The van der Waals surface area contributed by atoms with Crippen LogP contribution in [0.15, 0.2) is 18.2 Å². The highest BCUT2D eigenvalue weighted by Gasteiger charge is 2.09. The fourth-order valence-electron chi connectivity index (χ4n) is 2.00. The molecule has 0 saturated carbocycles. The van der Waals surface area contributed by atoms with Gasteiger partial charge in [-0.2, -0.15) is 0 Å². The van der Waals surface area contributed by atoms with Crippen molar-refractivity contribution in [3.05, 3.63) is 34.9 Å². The standard InChI is InChI=1S/C15H26N2O/c1-4-8-18-9-7-15(17-16)11-14-10-12(2)5-6-13(14)3/h5-6,10,15,17H,4,7-9,11,16H2,1-3H3. The topological polar surface area (TPSA) is 47.3 Å². The maximum atomic E-state index is 5.62. The zero-order chi connectivity index (χ0) is 13.4. The van der Waals surface area contributed by atoms with Gasteiger partial charge in [0.15, 0.2) is 0 Å². The average Bonchev–Trinajstić information content (AvgIpc) is 2.37. The van der Waals surface area contributed by atoms with Crippen molar-refractivity contribution >= 4 is 0 Å². The number of rotatable bonds is 8. The highest BCUT2D eigenvalue weighted by molar-refractivity contribution is 5.31. The summed E-state index contributed by atoms with van der Waals surface area (Å²) < 4.78 is 5.51. The quantitative estimate of drug-likeness (QED) is 0.423. The molecule has 0 aliphatic carbocycles. The second kappa shape index (κ2) is 8.25. The Morgan fingerprint density at radius 2 is 2.06 bits per heavy atom. The van der Waals surface area contributed by atoms with Crippen molar-refractivity contribution in [1.82, 2.24) is 5.43 Å². The van der Waals surface area contributed by atoms with Gasteiger partial charge < -0.3 is 4.74 Å². The van der Waals surface area contributed by atoms with E-state index in [1.807, 2.05) is 0 Å². The van der Waals surface area contributed by atoms with Crippen molar-refractivity contribution in [2.24, 2.45) is 5.84 Å². The largest absolute Gasteiger partial charge is 0.381 e. The zero-order valence-electron chi connectivity index (χ0n) is 11.8. The van der Waals surface area contributed by atoms with Gasteiger partial charge in [-0.1, -0.05) is 30.7 Å². The molecule has 18 heavy (non-hydrogen) atoms. The maximum absolute atomic E-state index is 5.62. The second-order valence-corrected chi connectivity index (χ2v) is 4.90. The summed E-state index contributed by atoms with van der Waals surface area (Å²) in [4.78, 5) is 0. The second-order valence-electron chi connectivity index (χ2n) is 4.90. The summed E-state index contributed by atoms with van der Waals surface area (Å²) in [7, 11) is 0. The van der Waals surface area contributed by atoms with Crippen molar-refractivity contribution in [1.29, 1.82) is 0 Å². The van der Waals surface area contributed by atoms with Gasteiger partial charge in [-0.3, -0.25) is 11.3 Å². The van der Waals surface area contributed by atoms with E-state index in [1.165, 1.54) is 16.7 Å². The Bertz CT molecular complexity index is 352. The monoisotopic (exact) mass is 250 g/mol. The van der Waals surface area contributed by atoms with Crippen molar-refractivity contribution in [3.63, 3.8) is 0 Å². The molecule has 1 aromatic rings. The lowest BCUT2D eigenvalue weighted by Crippen LogP contribution is -2.37. The Morgan fingerprint density at radius 3 is 2.72 bits per heavy atom. The van der Waals surface area contributed by atoms with E-state index in [-0.39, 0.29) is 6.04 Å². The molecule has 0 spiro atoms. The van der Waals surface area contributed by atoms with Crippen LogP contribution in [0.4, 0.5) is 0 Å². The third-order valence-electron chi connectivity index (χ3n) is 3.17. The third kappa shape index (κ3) is 5.17. The number of ether oxygens (including phenoxy) is 1. The number of hydrazine groups is 1. The number of hydrogen-bond acceptors (Lipinski definition) is 3. The van der Waals surface area contributed by atoms with Gasteiger partial charge in [-0.15, -0.1) is 0 Å². The first-order valence-corrected chi connectivity index (χ1v) is 6.77. The van der Waals surface area contributed by atoms with Gasteiger partial charge in [0.2, 0.25) is 0 Å².